The van der Waals surface area contributed by atoms with E-state index in [2.05, 4.69) is 11.4 Å². The summed E-state index contributed by atoms with van der Waals surface area (Å²) >= 11 is 0. The molecule has 1 amide bonds. The molecule has 0 aromatic heterocycles. The van der Waals surface area contributed by atoms with Crippen LogP contribution in [-0.4, -0.2) is 19.1 Å². The van der Waals surface area contributed by atoms with E-state index in [1.807, 2.05) is 24.3 Å². The molecule has 1 aliphatic heterocycles. The van der Waals surface area contributed by atoms with Gasteiger partial charge in [-0.1, -0.05) is 18.2 Å². The van der Waals surface area contributed by atoms with Crippen LogP contribution in [0.3, 0.4) is 0 Å². The largest absolute Gasteiger partial charge is 0.484 e. The number of primary amides is 1. The summed E-state index contributed by atoms with van der Waals surface area (Å²) in [6.07, 6.45) is 2.83. The van der Waals surface area contributed by atoms with E-state index in [9.17, 15) is 9.18 Å². The number of aryl methyl sites for hydroxylation is 1. The van der Waals surface area contributed by atoms with Gasteiger partial charge in [-0.2, -0.15) is 0 Å². The van der Waals surface area contributed by atoms with Crippen LogP contribution in [0.15, 0.2) is 42.5 Å². The molecule has 0 spiro atoms. The Labute approximate surface area is 140 Å². The normalized spacial score (nSPS) is 17.0. The Kier molecular flexibility index (Phi) is 5.11. The molecule has 0 fully saturated rings. The molecule has 0 bridgehead atoms. The van der Waals surface area contributed by atoms with E-state index in [1.54, 1.807) is 0 Å². The van der Waals surface area contributed by atoms with Crippen molar-refractivity contribution in [3.8, 4) is 5.75 Å². The Morgan fingerprint density at radius 1 is 1.25 bits per heavy atom. The molecule has 0 aliphatic carbocycles. The van der Waals surface area contributed by atoms with Gasteiger partial charge in [-0.05, 0) is 66.8 Å². The summed E-state index contributed by atoms with van der Waals surface area (Å²) in [6.45, 7) is 0.798. The fourth-order valence-electron chi connectivity index (χ4n) is 3.07. The molecular formula is C19H21FN2O2. The number of hydrogen-bond donors (Lipinski definition) is 2. The maximum Gasteiger partial charge on any atom is 0.255 e. The summed E-state index contributed by atoms with van der Waals surface area (Å²) < 4.78 is 18.5. The lowest BCUT2D eigenvalue weighted by Crippen LogP contribution is -2.23. The Balaban J connectivity index is 1.84. The van der Waals surface area contributed by atoms with Gasteiger partial charge in [-0.25, -0.2) is 4.39 Å². The zero-order valence-corrected chi connectivity index (χ0v) is 13.4. The molecule has 3 rings (SSSR count). The Hall–Kier alpha value is -2.40. The third-order valence-corrected chi connectivity index (χ3v) is 4.24. The van der Waals surface area contributed by atoms with Gasteiger partial charge in [0.25, 0.3) is 5.91 Å². The Morgan fingerprint density at radius 3 is 2.79 bits per heavy atom. The van der Waals surface area contributed by atoms with Crippen molar-refractivity contribution < 1.29 is 13.9 Å². The van der Waals surface area contributed by atoms with E-state index < -0.39 is 5.91 Å². The summed E-state index contributed by atoms with van der Waals surface area (Å²) in [5.41, 5.74) is 8.65. The molecule has 2 aromatic carbocycles. The van der Waals surface area contributed by atoms with Crippen LogP contribution in [0.4, 0.5) is 4.39 Å². The quantitative estimate of drug-likeness (QED) is 0.886. The molecule has 0 saturated heterocycles. The molecule has 1 atom stereocenters. The lowest BCUT2D eigenvalue weighted by Gasteiger charge is -2.20. The van der Waals surface area contributed by atoms with E-state index in [1.165, 1.54) is 23.3 Å². The first kappa shape index (κ1) is 16.5. The van der Waals surface area contributed by atoms with E-state index in [4.69, 9.17) is 10.5 Å². The van der Waals surface area contributed by atoms with Crippen LogP contribution in [0.25, 0.3) is 0 Å². The van der Waals surface area contributed by atoms with Crippen molar-refractivity contribution in [3.63, 3.8) is 0 Å². The number of fused-ring (bicyclic) bond motifs is 1. The van der Waals surface area contributed by atoms with Crippen LogP contribution in [0.1, 0.15) is 29.2 Å². The van der Waals surface area contributed by atoms with Gasteiger partial charge in [-0.15, -0.1) is 0 Å². The lowest BCUT2D eigenvalue weighted by molar-refractivity contribution is -0.119. The minimum absolute atomic E-state index is 0.130. The van der Waals surface area contributed by atoms with Gasteiger partial charge in [0.2, 0.25) is 0 Å². The topological polar surface area (TPSA) is 64.4 Å². The molecule has 0 saturated carbocycles. The van der Waals surface area contributed by atoms with Crippen LogP contribution in [-0.2, 0) is 17.6 Å². The van der Waals surface area contributed by atoms with E-state index in [0.717, 1.165) is 31.4 Å². The van der Waals surface area contributed by atoms with Gasteiger partial charge >= 0.3 is 0 Å². The van der Waals surface area contributed by atoms with Crippen molar-refractivity contribution in [1.29, 1.82) is 0 Å². The molecular weight excluding hydrogens is 307 g/mol. The number of halogens is 1. The Morgan fingerprint density at radius 2 is 2.04 bits per heavy atom. The number of ether oxygens (including phenoxy) is 1. The first-order valence-corrected chi connectivity index (χ1v) is 8.13. The fraction of sp³-hybridized carbons (Fsp3) is 0.316. The van der Waals surface area contributed by atoms with Gasteiger partial charge in [-0.3, -0.25) is 4.79 Å². The van der Waals surface area contributed by atoms with Gasteiger partial charge < -0.3 is 15.8 Å². The molecule has 3 N–H and O–H groups in total. The number of carbonyl (C=O) groups excluding carboxylic acids is 1. The molecule has 126 valence electrons. The average Bonchev–Trinajstić information content (AvgIpc) is 2.77. The van der Waals surface area contributed by atoms with Crippen LogP contribution in [0.5, 0.6) is 5.75 Å². The predicted octanol–water partition coefficient (Wildman–Crippen LogP) is 2.51. The number of hydrogen-bond acceptors (Lipinski definition) is 3. The highest BCUT2D eigenvalue weighted by molar-refractivity contribution is 5.75. The molecule has 1 unspecified atom stereocenters. The van der Waals surface area contributed by atoms with Crippen molar-refractivity contribution >= 4 is 5.91 Å². The summed E-state index contributed by atoms with van der Waals surface area (Å²) in [4.78, 5) is 10.9. The maximum absolute atomic E-state index is 13.1. The zero-order valence-electron chi connectivity index (χ0n) is 13.4. The summed E-state index contributed by atoms with van der Waals surface area (Å²) in [5, 5.41) is 3.55. The smallest absolute Gasteiger partial charge is 0.255 e. The van der Waals surface area contributed by atoms with Gasteiger partial charge in [0, 0.05) is 6.04 Å². The van der Waals surface area contributed by atoms with Crippen LogP contribution in [0.2, 0.25) is 0 Å². The van der Waals surface area contributed by atoms with E-state index in [0.29, 0.717) is 5.75 Å². The SMILES string of the molecule is NC(=O)COc1ccc2c(c1)C(Cc1ccc(F)cc1)NCCC2. The molecule has 1 aliphatic rings. The van der Waals surface area contributed by atoms with Crippen molar-refractivity contribution in [2.75, 3.05) is 13.2 Å². The fourth-order valence-corrected chi connectivity index (χ4v) is 3.07. The van der Waals surface area contributed by atoms with Crippen LogP contribution in [0, 0.1) is 5.82 Å². The number of carbonyl (C=O) groups is 1. The molecule has 4 nitrogen and oxygen atoms in total. The summed E-state index contributed by atoms with van der Waals surface area (Å²) in [5.74, 6) is -0.0820. The minimum atomic E-state index is -0.495. The third kappa shape index (κ3) is 4.11. The highest BCUT2D eigenvalue weighted by atomic mass is 19.1. The third-order valence-electron chi connectivity index (χ3n) is 4.24. The Bertz CT molecular complexity index is 716. The molecule has 2 aromatic rings. The molecule has 0 radical (unpaired) electrons. The lowest BCUT2D eigenvalue weighted by atomic mass is 9.94. The summed E-state index contributed by atoms with van der Waals surface area (Å²) in [6, 6.07) is 12.6. The first-order chi connectivity index (χ1) is 11.6. The molecule has 1 heterocycles. The van der Waals surface area contributed by atoms with Crippen LogP contribution >= 0.6 is 0 Å². The predicted molar refractivity (Wildman–Crippen MR) is 90.3 cm³/mol. The van der Waals surface area contributed by atoms with E-state index in [-0.39, 0.29) is 18.5 Å². The highest BCUT2D eigenvalue weighted by Gasteiger charge is 2.19. The minimum Gasteiger partial charge on any atom is -0.484 e. The van der Waals surface area contributed by atoms with Gasteiger partial charge in [0.05, 0.1) is 0 Å². The second kappa shape index (κ2) is 7.45. The van der Waals surface area contributed by atoms with Gasteiger partial charge in [0.15, 0.2) is 6.61 Å². The van der Waals surface area contributed by atoms with E-state index >= 15 is 0 Å². The molecule has 24 heavy (non-hydrogen) atoms. The maximum atomic E-state index is 13.1. The number of rotatable bonds is 5. The standard InChI is InChI=1S/C19H21FN2O2/c20-15-6-3-13(4-7-15)10-18-17-11-16(24-12-19(21)23)8-5-14(17)2-1-9-22-18/h3-8,11,18,22H,1-2,9-10,12H2,(H2,21,23). The van der Waals surface area contributed by atoms with Crippen molar-refractivity contribution in [3.05, 3.63) is 65.0 Å². The van der Waals surface area contributed by atoms with Gasteiger partial charge in [0.1, 0.15) is 11.6 Å². The zero-order chi connectivity index (χ0) is 16.9. The molecule has 5 heteroatoms. The second-order valence-corrected chi connectivity index (χ2v) is 6.06. The first-order valence-electron chi connectivity index (χ1n) is 8.13. The number of benzene rings is 2. The summed E-state index contributed by atoms with van der Waals surface area (Å²) in [7, 11) is 0. The van der Waals surface area contributed by atoms with Crippen molar-refractivity contribution in [1.82, 2.24) is 5.32 Å². The number of nitrogens with one attached hydrogen (secondary N) is 1. The number of nitrogens with two attached hydrogens (primary N) is 1. The second-order valence-electron chi connectivity index (χ2n) is 6.06. The van der Waals surface area contributed by atoms with Crippen LogP contribution < -0.4 is 15.8 Å². The van der Waals surface area contributed by atoms with Crippen molar-refractivity contribution in [2.24, 2.45) is 5.73 Å². The van der Waals surface area contributed by atoms with Crippen molar-refractivity contribution in [2.45, 2.75) is 25.3 Å². The highest BCUT2D eigenvalue weighted by Crippen LogP contribution is 2.29. The number of amides is 1. The average molecular weight is 328 g/mol. The monoisotopic (exact) mass is 328 g/mol.